The van der Waals surface area contributed by atoms with E-state index in [-0.39, 0.29) is 0 Å². The van der Waals surface area contributed by atoms with Gasteiger partial charge in [0.05, 0.1) is 13.3 Å². The minimum Gasteiger partial charge on any atom is -0.496 e. The molecule has 0 atom stereocenters. The Morgan fingerprint density at radius 2 is 2.00 bits per heavy atom. The molecule has 0 heterocycles. The predicted octanol–water partition coefficient (Wildman–Crippen LogP) is 1.59. The summed E-state index contributed by atoms with van der Waals surface area (Å²) in [5.41, 5.74) is 0.985. The standard InChI is InChI=1S/C10H14N2O/c1-12(2)11-8-9-6-4-5-7-10(9)13-3/h4-8H,1-3H3/b11-8+. The van der Waals surface area contributed by atoms with Crippen LogP contribution in [-0.4, -0.2) is 32.4 Å². The highest BCUT2D eigenvalue weighted by Gasteiger charge is 1.96. The molecule has 0 fully saturated rings. The molecule has 0 radical (unpaired) electrons. The first-order chi connectivity index (χ1) is 6.24. The third-order valence-corrected chi connectivity index (χ3v) is 1.57. The zero-order chi connectivity index (χ0) is 9.68. The van der Waals surface area contributed by atoms with Gasteiger partial charge < -0.3 is 9.75 Å². The smallest absolute Gasteiger partial charge is 0.127 e. The summed E-state index contributed by atoms with van der Waals surface area (Å²) >= 11 is 0. The van der Waals surface area contributed by atoms with Crippen molar-refractivity contribution in [2.24, 2.45) is 5.10 Å². The van der Waals surface area contributed by atoms with Crippen molar-refractivity contribution in [3.05, 3.63) is 29.8 Å². The number of methoxy groups -OCH3 is 1. The van der Waals surface area contributed by atoms with Crippen LogP contribution in [0.2, 0.25) is 0 Å². The molecule has 0 aromatic heterocycles. The van der Waals surface area contributed by atoms with Gasteiger partial charge in [0.2, 0.25) is 0 Å². The Morgan fingerprint density at radius 3 is 2.62 bits per heavy atom. The summed E-state index contributed by atoms with van der Waals surface area (Å²) in [6, 6.07) is 7.77. The first-order valence-electron chi connectivity index (χ1n) is 4.08. The van der Waals surface area contributed by atoms with E-state index in [1.165, 1.54) is 0 Å². The van der Waals surface area contributed by atoms with Gasteiger partial charge in [0.15, 0.2) is 0 Å². The molecule has 0 bridgehead atoms. The lowest BCUT2D eigenvalue weighted by Gasteiger charge is -2.05. The fraction of sp³-hybridized carbons (Fsp3) is 0.300. The predicted molar refractivity (Wildman–Crippen MR) is 54.3 cm³/mol. The third kappa shape index (κ3) is 2.78. The van der Waals surface area contributed by atoms with E-state index in [0.29, 0.717) is 0 Å². The number of benzene rings is 1. The Hall–Kier alpha value is -1.51. The molecule has 0 aliphatic rings. The second-order valence-corrected chi connectivity index (χ2v) is 2.83. The molecule has 0 aliphatic carbocycles. The summed E-state index contributed by atoms with van der Waals surface area (Å²) < 4.78 is 5.17. The van der Waals surface area contributed by atoms with Crippen molar-refractivity contribution in [1.82, 2.24) is 5.01 Å². The van der Waals surface area contributed by atoms with Crippen LogP contribution >= 0.6 is 0 Å². The van der Waals surface area contributed by atoms with Crippen LogP contribution in [0.25, 0.3) is 0 Å². The van der Waals surface area contributed by atoms with Gasteiger partial charge in [-0.1, -0.05) is 12.1 Å². The number of nitrogens with zero attached hydrogens (tertiary/aromatic N) is 2. The molecule has 0 spiro atoms. The van der Waals surface area contributed by atoms with Crippen molar-refractivity contribution < 1.29 is 4.74 Å². The fourth-order valence-electron chi connectivity index (χ4n) is 0.951. The summed E-state index contributed by atoms with van der Waals surface area (Å²) in [5.74, 6) is 0.841. The summed E-state index contributed by atoms with van der Waals surface area (Å²) in [5, 5.41) is 5.87. The molecule has 0 N–H and O–H groups in total. The van der Waals surface area contributed by atoms with Gasteiger partial charge in [0.25, 0.3) is 0 Å². The molecule has 3 heteroatoms. The summed E-state index contributed by atoms with van der Waals surface area (Å²) in [4.78, 5) is 0. The molecule has 0 aliphatic heterocycles. The van der Waals surface area contributed by atoms with Crippen molar-refractivity contribution in [1.29, 1.82) is 0 Å². The monoisotopic (exact) mass is 178 g/mol. The molecule has 0 unspecified atom stereocenters. The van der Waals surface area contributed by atoms with Crippen molar-refractivity contribution in [3.63, 3.8) is 0 Å². The van der Waals surface area contributed by atoms with E-state index in [1.807, 2.05) is 38.4 Å². The van der Waals surface area contributed by atoms with E-state index in [4.69, 9.17) is 4.74 Å². The van der Waals surface area contributed by atoms with Crippen LogP contribution in [-0.2, 0) is 0 Å². The van der Waals surface area contributed by atoms with E-state index in [2.05, 4.69) is 5.10 Å². The highest BCUT2D eigenvalue weighted by Crippen LogP contribution is 2.14. The Bertz CT molecular complexity index is 295. The Kier molecular flexibility index (Phi) is 3.31. The third-order valence-electron chi connectivity index (χ3n) is 1.57. The van der Waals surface area contributed by atoms with Crippen LogP contribution < -0.4 is 4.74 Å². The number of hydrogen-bond acceptors (Lipinski definition) is 3. The Morgan fingerprint density at radius 1 is 1.31 bits per heavy atom. The molecular weight excluding hydrogens is 164 g/mol. The van der Waals surface area contributed by atoms with Crippen molar-refractivity contribution in [2.45, 2.75) is 0 Å². The normalized spacial score (nSPS) is 10.4. The second kappa shape index (κ2) is 4.50. The van der Waals surface area contributed by atoms with Crippen LogP contribution in [0, 0.1) is 0 Å². The zero-order valence-corrected chi connectivity index (χ0v) is 8.19. The average molecular weight is 178 g/mol. The Labute approximate surface area is 78.6 Å². The van der Waals surface area contributed by atoms with Gasteiger partial charge >= 0.3 is 0 Å². The maximum atomic E-state index is 5.17. The molecule has 1 rings (SSSR count). The molecule has 70 valence electrons. The van der Waals surface area contributed by atoms with E-state index < -0.39 is 0 Å². The first-order valence-corrected chi connectivity index (χ1v) is 4.08. The zero-order valence-electron chi connectivity index (χ0n) is 8.19. The minimum absolute atomic E-state index is 0.841. The van der Waals surface area contributed by atoms with Gasteiger partial charge in [-0.25, -0.2) is 0 Å². The highest BCUT2D eigenvalue weighted by atomic mass is 16.5. The van der Waals surface area contributed by atoms with Gasteiger partial charge in [-0.2, -0.15) is 5.10 Å². The van der Waals surface area contributed by atoms with Gasteiger partial charge in [0, 0.05) is 19.7 Å². The SMILES string of the molecule is COc1ccccc1/C=N/N(C)C. The van der Waals surface area contributed by atoms with Crippen LogP contribution in [0.5, 0.6) is 5.75 Å². The number of ether oxygens (including phenoxy) is 1. The maximum Gasteiger partial charge on any atom is 0.127 e. The molecular formula is C10H14N2O. The van der Waals surface area contributed by atoms with Crippen molar-refractivity contribution in [3.8, 4) is 5.75 Å². The highest BCUT2D eigenvalue weighted by molar-refractivity contribution is 5.83. The number of hydrogen-bond donors (Lipinski definition) is 0. The van der Waals surface area contributed by atoms with Crippen molar-refractivity contribution >= 4 is 6.21 Å². The first kappa shape index (κ1) is 9.58. The molecule has 0 saturated carbocycles. The Balaban J connectivity index is 2.87. The lowest BCUT2D eigenvalue weighted by atomic mass is 10.2. The van der Waals surface area contributed by atoms with Crippen LogP contribution in [0.3, 0.4) is 0 Å². The quantitative estimate of drug-likeness (QED) is 0.518. The van der Waals surface area contributed by atoms with Crippen LogP contribution in [0.15, 0.2) is 29.4 Å². The number of rotatable bonds is 3. The maximum absolute atomic E-state index is 5.17. The largest absolute Gasteiger partial charge is 0.496 e. The fourth-order valence-corrected chi connectivity index (χ4v) is 0.951. The lowest BCUT2D eigenvalue weighted by Crippen LogP contribution is -2.02. The van der Waals surface area contributed by atoms with E-state index in [1.54, 1.807) is 18.3 Å². The van der Waals surface area contributed by atoms with Gasteiger partial charge in [0.1, 0.15) is 5.75 Å². The molecule has 1 aromatic carbocycles. The van der Waals surface area contributed by atoms with E-state index in [0.717, 1.165) is 11.3 Å². The van der Waals surface area contributed by atoms with E-state index in [9.17, 15) is 0 Å². The van der Waals surface area contributed by atoms with Crippen molar-refractivity contribution in [2.75, 3.05) is 21.2 Å². The van der Waals surface area contributed by atoms with Gasteiger partial charge in [-0.15, -0.1) is 0 Å². The average Bonchev–Trinajstić information content (AvgIpc) is 2.15. The van der Waals surface area contributed by atoms with Crippen LogP contribution in [0.4, 0.5) is 0 Å². The summed E-state index contributed by atoms with van der Waals surface area (Å²) in [7, 11) is 5.42. The van der Waals surface area contributed by atoms with Crippen LogP contribution in [0.1, 0.15) is 5.56 Å². The molecule has 13 heavy (non-hydrogen) atoms. The number of para-hydroxylation sites is 1. The molecule has 1 aromatic rings. The lowest BCUT2D eigenvalue weighted by molar-refractivity contribution is 0.413. The van der Waals surface area contributed by atoms with Gasteiger partial charge in [-0.05, 0) is 12.1 Å². The molecule has 0 amide bonds. The molecule has 0 saturated heterocycles. The molecule has 3 nitrogen and oxygen atoms in total. The minimum atomic E-state index is 0.841. The van der Waals surface area contributed by atoms with Gasteiger partial charge in [-0.3, -0.25) is 0 Å². The second-order valence-electron chi connectivity index (χ2n) is 2.83. The van der Waals surface area contributed by atoms with E-state index >= 15 is 0 Å². The summed E-state index contributed by atoms with van der Waals surface area (Å²) in [6.07, 6.45) is 1.78. The summed E-state index contributed by atoms with van der Waals surface area (Å²) in [6.45, 7) is 0. The number of hydrazone groups is 1. The topological polar surface area (TPSA) is 24.8 Å².